The Morgan fingerprint density at radius 3 is 2.33 bits per heavy atom. The first-order valence-corrected chi connectivity index (χ1v) is 6.66. The third-order valence-corrected chi connectivity index (χ3v) is 3.74. The van der Waals surface area contributed by atoms with E-state index in [4.69, 9.17) is 4.74 Å². The SMILES string of the molecule is COc1cccc(CNC(C)(C)C(C)(C)O)c1OC(F)F. The molecule has 2 N–H and O–H groups in total. The van der Waals surface area contributed by atoms with Crippen LogP contribution in [-0.2, 0) is 6.54 Å². The zero-order valence-electron chi connectivity index (χ0n) is 13.0. The van der Waals surface area contributed by atoms with E-state index in [1.807, 2.05) is 13.8 Å². The Labute approximate surface area is 124 Å². The van der Waals surface area contributed by atoms with Gasteiger partial charge in [-0.05, 0) is 33.8 Å². The van der Waals surface area contributed by atoms with E-state index in [1.54, 1.807) is 32.0 Å². The molecule has 0 aliphatic heterocycles. The molecule has 0 fully saturated rings. The molecule has 0 radical (unpaired) electrons. The molecular weight excluding hydrogens is 280 g/mol. The Hall–Kier alpha value is -1.40. The fourth-order valence-electron chi connectivity index (χ4n) is 1.62. The third kappa shape index (κ3) is 4.54. The summed E-state index contributed by atoms with van der Waals surface area (Å²) in [6.07, 6.45) is 0. The normalized spacial score (nSPS) is 12.6. The number of benzene rings is 1. The molecule has 0 saturated carbocycles. The van der Waals surface area contributed by atoms with Crippen molar-refractivity contribution < 1.29 is 23.4 Å². The second-order valence-electron chi connectivity index (χ2n) is 5.86. The molecule has 6 heteroatoms. The summed E-state index contributed by atoms with van der Waals surface area (Å²) in [4.78, 5) is 0. The Bertz CT molecular complexity index is 470. The largest absolute Gasteiger partial charge is 0.493 e. The number of alkyl halides is 2. The lowest BCUT2D eigenvalue weighted by molar-refractivity contribution is -0.0522. The lowest BCUT2D eigenvalue weighted by Crippen LogP contribution is -2.55. The monoisotopic (exact) mass is 303 g/mol. The van der Waals surface area contributed by atoms with Gasteiger partial charge in [0.2, 0.25) is 0 Å². The molecule has 0 aromatic heterocycles. The zero-order valence-corrected chi connectivity index (χ0v) is 13.0. The number of ether oxygens (including phenoxy) is 2. The van der Waals surface area contributed by atoms with E-state index < -0.39 is 17.8 Å². The van der Waals surface area contributed by atoms with Gasteiger partial charge in [-0.3, -0.25) is 0 Å². The average Bonchev–Trinajstić information content (AvgIpc) is 2.35. The van der Waals surface area contributed by atoms with Crippen LogP contribution in [0.15, 0.2) is 18.2 Å². The van der Waals surface area contributed by atoms with Crippen molar-refractivity contribution in [3.05, 3.63) is 23.8 Å². The third-order valence-electron chi connectivity index (χ3n) is 3.74. The molecule has 0 atom stereocenters. The van der Waals surface area contributed by atoms with Crippen molar-refractivity contribution in [3.63, 3.8) is 0 Å². The molecule has 120 valence electrons. The fourth-order valence-corrected chi connectivity index (χ4v) is 1.62. The summed E-state index contributed by atoms with van der Waals surface area (Å²) in [7, 11) is 1.39. The summed E-state index contributed by atoms with van der Waals surface area (Å²) >= 11 is 0. The van der Waals surface area contributed by atoms with Gasteiger partial charge in [0, 0.05) is 17.6 Å². The van der Waals surface area contributed by atoms with Gasteiger partial charge in [-0.25, -0.2) is 0 Å². The Morgan fingerprint density at radius 2 is 1.86 bits per heavy atom. The molecule has 0 unspecified atom stereocenters. The van der Waals surface area contributed by atoms with Crippen LogP contribution >= 0.6 is 0 Å². The summed E-state index contributed by atoms with van der Waals surface area (Å²) in [5, 5.41) is 13.3. The number of hydrogen-bond donors (Lipinski definition) is 2. The summed E-state index contributed by atoms with van der Waals surface area (Å²) in [5.41, 5.74) is -1.06. The molecule has 21 heavy (non-hydrogen) atoms. The molecule has 0 bridgehead atoms. The number of para-hydroxylation sites is 1. The number of halogens is 2. The van der Waals surface area contributed by atoms with Gasteiger partial charge in [0.1, 0.15) is 0 Å². The summed E-state index contributed by atoms with van der Waals surface area (Å²) < 4.78 is 34.7. The molecule has 0 heterocycles. The highest BCUT2D eigenvalue weighted by atomic mass is 19.3. The highest BCUT2D eigenvalue weighted by Crippen LogP contribution is 2.33. The fraction of sp³-hybridized carbons (Fsp3) is 0.600. The zero-order chi connectivity index (χ0) is 16.3. The van der Waals surface area contributed by atoms with Gasteiger partial charge in [0.25, 0.3) is 0 Å². The minimum atomic E-state index is -2.93. The van der Waals surface area contributed by atoms with Crippen LogP contribution in [0.3, 0.4) is 0 Å². The lowest BCUT2D eigenvalue weighted by atomic mass is 9.86. The standard InChI is InChI=1S/C15H23F2NO3/c1-14(2,15(3,4)19)18-9-10-7-6-8-11(20-5)12(10)21-13(16)17/h6-8,13,18-19H,9H2,1-5H3. The minimum Gasteiger partial charge on any atom is -0.493 e. The maximum absolute atomic E-state index is 12.5. The number of nitrogens with one attached hydrogen (secondary N) is 1. The number of methoxy groups -OCH3 is 1. The second-order valence-corrected chi connectivity index (χ2v) is 5.86. The van der Waals surface area contributed by atoms with Gasteiger partial charge < -0.3 is 19.9 Å². The summed E-state index contributed by atoms with van der Waals surface area (Å²) in [5.74, 6) is 0.254. The molecular formula is C15H23F2NO3. The second kappa shape index (κ2) is 6.58. The highest BCUT2D eigenvalue weighted by Gasteiger charge is 2.34. The van der Waals surface area contributed by atoms with E-state index in [-0.39, 0.29) is 18.0 Å². The Morgan fingerprint density at radius 1 is 1.24 bits per heavy atom. The Kier molecular flexibility index (Phi) is 5.53. The van der Waals surface area contributed by atoms with Gasteiger partial charge >= 0.3 is 6.61 Å². The van der Waals surface area contributed by atoms with E-state index in [1.165, 1.54) is 7.11 Å². The quantitative estimate of drug-likeness (QED) is 0.813. The molecule has 1 aromatic carbocycles. The van der Waals surface area contributed by atoms with Crippen molar-refractivity contribution >= 4 is 0 Å². The minimum absolute atomic E-state index is 0.00838. The van der Waals surface area contributed by atoms with E-state index in [9.17, 15) is 13.9 Å². The summed E-state index contributed by atoms with van der Waals surface area (Å²) in [6.45, 7) is 4.37. The van der Waals surface area contributed by atoms with Crippen molar-refractivity contribution in [1.82, 2.24) is 5.32 Å². The predicted molar refractivity (Wildman–Crippen MR) is 76.8 cm³/mol. The first kappa shape index (κ1) is 17.7. The van der Waals surface area contributed by atoms with E-state index in [2.05, 4.69) is 10.1 Å². The molecule has 0 aliphatic rings. The smallest absolute Gasteiger partial charge is 0.387 e. The highest BCUT2D eigenvalue weighted by molar-refractivity contribution is 5.46. The van der Waals surface area contributed by atoms with E-state index in [0.29, 0.717) is 5.56 Å². The van der Waals surface area contributed by atoms with Crippen molar-refractivity contribution in [2.75, 3.05) is 7.11 Å². The number of aliphatic hydroxyl groups is 1. The van der Waals surface area contributed by atoms with Gasteiger partial charge in [-0.15, -0.1) is 0 Å². The van der Waals surface area contributed by atoms with Gasteiger partial charge in [0.15, 0.2) is 11.5 Å². The van der Waals surface area contributed by atoms with E-state index in [0.717, 1.165) is 0 Å². The van der Waals surface area contributed by atoms with Crippen LogP contribution in [0.25, 0.3) is 0 Å². The molecule has 1 rings (SSSR count). The number of hydrogen-bond acceptors (Lipinski definition) is 4. The van der Waals surface area contributed by atoms with Crippen LogP contribution in [0.4, 0.5) is 8.78 Å². The molecule has 0 spiro atoms. The van der Waals surface area contributed by atoms with Crippen molar-refractivity contribution in [3.8, 4) is 11.5 Å². The molecule has 0 saturated heterocycles. The van der Waals surface area contributed by atoms with Crippen LogP contribution in [-0.4, -0.2) is 30.0 Å². The van der Waals surface area contributed by atoms with Crippen LogP contribution in [0.5, 0.6) is 11.5 Å². The molecule has 1 aromatic rings. The average molecular weight is 303 g/mol. The maximum Gasteiger partial charge on any atom is 0.387 e. The van der Waals surface area contributed by atoms with Crippen LogP contribution in [0, 0.1) is 0 Å². The first-order chi connectivity index (χ1) is 9.58. The van der Waals surface area contributed by atoms with Crippen molar-refractivity contribution in [1.29, 1.82) is 0 Å². The van der Waals surface area contributed by atoms with Crippen molar-refractivity contribution in [2.24, 2.45) is 0 Å². The van der Waals surface area contributed by atoms with Crippen LogP contribution in [0.2, 0.25) is 0 Å². The maximum atomic E-state index is 12.5. The van der Waals surface area contributed by atoms with Gasteiger partial charge in [-0.1, -0.05) is 12.1 Å². The summed E-state index contributed by atoms with van der Waals surface area (Å²) in [6, 6.07) is 4.93. The Balaban J connectivity index is 2.98. The molecule has 0 amide bonds. The topological polar surface area (TPSA) is 50.7 Å². The van der Waals surface area contributed by atoms with E-state index >= 15 is 0 Å². The number of rotatable bonds is 7. The predicted octanol–water partition coefficient (Wildman–Crippen LogP) is 2.94. The molecule has 0 aliphatic carbocycles. The van der Waals surface area contributed by atoms with Crippen LogP contribution in [0.1, 0.15) is 33.3 Å². The lowest BCUT2D eigenvalue weighted by Gasteiger charge is -2.38. The first-order valence-electron chi connectivity index (χ1n) is 6.66. The van der Waals surface area contributed by atoms with Crippen molar-refractivity contribution in [2.45, 2.75) is 52.0 Å². The van der Waals surface area contributed by atoms with Gasteiger partial charge in [0.05, 0.1) is 12.7 Å². The molecule has 4 nitrogen and oxygen atoms in total. The van der Waals surface area contributed by atoms with Gasteiger partial charge in [-0.2, -0.15) is 8.78 Å². The van der Waals surface area contributed by atoms with Crippen LogP contribution < -0.4 is 14.8 Å².